The Morgan fingerprint density at radius 3 is 2.48 bits per heavy atom. The van der Waals surface area contributed by atoms with Gasteiger partial charge in [-0.2, -0.15) is 18.2 Å². The Kier molecular flexibility index (Phi) is 4.85. The van der Waals surface area contributed by atoms with Crippen LogP contribution in [-0.2, 0) is 15.7 Å². The van der Waals surface area contributed by atoms with Crippen LogP contribution in [0.4, 0.5) is 13.2 Å². The van der Waals surface area contributed by atoms with Crippen LogP contribution >= 0.6 is 0 Å². The van der Waals surface area contributed by atoms with Crippen LogP contribution in [0, 0.1) is 0 Å². The number of fused-ring (bicyclic) bond motifs is 1. The van der Waals surface area contributed by atoms with E-state index in [0.29, 0.717) is 22.4 Å². The molecular weight excluding hydrogens is 365 g/mol. The third kappa shape index (κ3) is 4.25. The van der Waals surface area contributed by atoms with Crippen LogP contribution in [0.5, 0.6) is 11.6 Å². The largest absolute Gasteiger partial charge is 0.508 e. The Morgan fingerprint density at radius 2 is 1.78 bits per heavy atom. The number of rotatable bonds is 4. The average molecular weight is 378 g/mol. The molecular formula is C18H13F3N2O4. The third-order valence-corrected chi connectivity index (χ3v) is 3.64. The Bertz CT molecular complexity index is 1010. The number of aromatic nitrogens is 2. The number of methoxy groups -OCH3 is 1. The molecule has 0 aliphatic carbocycles. The lowest BCUT2D eigenvalue weighted by atomic mass is 10.1. The Labute approximate surface area is 151 Å². The van der Waals surface area contributed by atoms with Gasteiger partial charge in [-0.15, -0.1) is 0 Å². The minimum atomic E-state index is -4.72. The van der Waals surface area contributed by atoms with Gasteiger partial charge in [0.05, 0.1) is 7.11 Å². The molecule has 0 saturated heterocycles. The number of hydrogen-bond acceptors (Lipinski definition) is 6. The number of phenols is 1. The number of hydrogen-bond donors (Lipinski definition) is 1. The first-order chi connectivity index (χ1) is 12.8. The second kappa shape index (κ2) is 7.10. The maximum Gasteiger partial charge on any atom is 0.433 e. The van der Waals surface area contributed by atoms with Crippen molar-refractivity contribution in [3.05, 3.63) is 48.2 Å². The van der Waals surface area contributed by atoms with Gasteiger partial charge in [-0.05, 0) is 29.0 Å². The number of phenolic OH excluding ortho intramolecular Hbond substituents is 1. The number of ether oxygens (including phenoxy) is 2. The summed E-state index contributed by atoms with van der Waals surface area (Å²) < 4.78 is 48.9. The van der Waals surface area contributed by atoms with Gasteiger partial charge in [-0.25, -0.2) is 9.78 Å². The van der Waals surface area contributed by atoms with E-state index in [-0.39, 0.29) is 11.6 Å². The number of aromatic hydroxyl groups is 1. The lowest BCUT2D eigenvalue weighted by molar-refractivity contribution is -0.143. The zero-order chi connectivity index (χ0) is 19.6. The predicted molar refractivity (Wildman–Crippen MR) is 89.2 cm³/mol. The van der Waals surface area contributed by atoms with Crippen molar-refractivity contribution >= 4 is 16.7 Å². The third-order valence-electron chi connectivity index (χ3n) is 3.64. The number of halogens is 3. The fourth-order valence-corrected chi connectivity index (χ4v) is 2.34. The number of nitrogens with zero attached hydrogens (tertiary/aromatic N) is 2. The summed E-state index contributed by atoms with van der Waals surface area (Å²) in [5.41, 5.74) is -0.875. The summed E-state index contributed by atoms with van der Waals surface area (Å²) in [6.07, 6.45) is -4.72. The lowest BCUT2D eigenvalue weighted by Gasteiger charge is -2.11. The summed E-state index contributed by atoms with van der Waals surface area (Å²) in [4.78, 5) is 18.7. The summed E-state index contributed by atoms with van der Waals surface area (Å²) in [6, 6.07) is 9.97. The van der Waals surface area contributed by atoms with Crippen molar-refractivity contribution in [1.82, 2.24) is 9.97 Å². The Hall–Kier alpha value is -3.36. The van der Waals surface area contributed by atoms with E-state index in [1.807, 2.05) is 0 Å². The summed E-state index contributed by atoms with van der Waals surface area (Å²) in [6.45, 7) is -0.582. The summed E-state index contributed by atoms with van der Waals surface area (Å²) in [5, 5.41) is 10.9. The molecule has 0 fully saturated rings. The van der Waals surface area contributed by atoms with E-state index in [4.69, 9.17) is 4.74 Å². The SMILES string of the molecule is COC(=O)COc1cc(C(F)(F)F)nc(-c2ccc3cc(O)ccc3c2)n1. The Morgan fingerprint density at radius 1 is 1.07 bits per heavy atom. The van der Waals surface area contributed by atoms with Gasteiger partial charge in [-0.3, -0.25) is 0 Å². The second-order valence-corrected chi connectivity index (χ2v) is 5.52. The molecule has 140 valence electrons. The Balaban J connectivity index is 2.05. The van der Waals surface area contributed by atoms with E-state index < -0.39 is 30.3 Å². The van der Waals surface area contributed by atoms with Gasteiger partial charge in [0.15, 0.2) is 18.1 Å². The standard InChI is InChI=1S/C18H13F3N2O4/c1-26-16(25)9-27-15-8-14(18(19,20)21)22-17(23-15)12-3-2-11-7-13(24)5-4-10(11)6-12/h2-8,24H,9H2,1H3. The highest BCUT2D eigenvalue weighted by Gasteiger charge is 2.34. The monoisotopic (exact) mass is 378 g/mol. The van der Waals surface area contributed by atoms with E-state index in [2.05, 4.69) is 14.7 Å². The summed E-state index contributed by atoms with van der Waals surface area (Å²) >= 11 is 0. The molecule has 0 aliphatic heterocycles. The summed E-state index contributed by atoms with van der Waals surface area (Å²) in [7, 11) is 1.13. The highest BCUT2D eigenvalue weighted by Crippen LogP contribution is 2.32. The van der Waals surface area contributed by atoms with Crippen molar-refractivity contribution in [1.29, 1.82) is 0 Å². The van der Waals surface area contributed by atoms with Crippen molar-refractivity contribution in [2.24, 2.45) is 0 Å². The van der Waals surface area contributed by atoms with Gasteiger partial charge < -0.3 is 14.6 Å². The molecule has 3 rings (SSSR count). The number of esters is 1. The molecule has 1 N–H and O–H groups in total. The first kappa shape index (κ1) is 18.4. The van der Waals surface area contributed by atoms with Crippen molar-refractivity contribution in [2.45, 2.75) is 6.18 Å². The highest BCUT2D eigenvalue weighted by molar-refractivity contribution is 5.87. The molecule has 9 heteroatoms. The predicted octanol–water partition coefficient (Wildman–Crippen LogP) is 3.57. The molecule has 1 aromatic heterocycles. The molecule has 27 heavy (non-hydrogen) atoms. The molecule has 0 unspecified atom stereocenters. The van der Waals surface area contributed by atoms with E-state index in [9.17, 15) is 23.1 Å². The molecule has 0 atom stereocenters. The molecule has 1 heterocycles. The zero-order valence-electron chi connectivity index (χ0n) is 13.9. The van der Waals surface area contributed by atoms with Crippen LogP contribution in [0.1, 0.15) is 5.69 Å². The molecule has 0 aliphatic rings. The molecule has 0 amide bonds. The maximum atomic E-state index is 13.2. The molecule has 3 aromatic rings. The number of carbonyl (C=O) groups excluding carboxylic acids is 1. The molecule has 0 bridgehead atoms. The van der Waals surface area contributed by atoms with Gasteiger partial charge >= 0.3 is 12.1 Å². The van der Waals surface area contributed by atoms with Gasteiger partial charge in [0.2, 0.25) is 5.88 Å². The van der Waals surface area contributed by atoms with Crippen molar-refractivity contribution in [3.8, 4) is 23.0 Å². The van der Waals surface area contributed by atoms with Crippen LogP contribution in [0.15, 0.2) is 42.5 Å². The number of benzene rings is 2. The van der Waals surface area contributed by atoms with Crippen LogP contribution < -0.4 is 4.74 Å². The van der Waals surface area contributed by atoms with Gasteiger partial charge in [-0.1, -0.05) is 18.2 Å². The average Bonchev–Trinajstić information content (AvgIpc) is 2.64. The van der Waals surface area contributed by atoms with E-state index >= 15 is 0 Å². The number of alkyl halides is 3. The minimum absolute atomic E-state index is 0.0732. The molecule has 6 nitrogen and oxygen atoms in total. The first-order valence-electron chi connectivity index (χ1n) is 7.65. The number of carbonyl (C=O) groups is 1. The van der Waals surface area contributed by atoms with E-state index in [1.165, 1.54) is 18.2 Å². The minimum Gasteiger partial charge on any atom is -0.508 e. The molecule has 2 aromatic carbocycles. The molecule has 0 radical (unpaired) electrons. The second-order valence-electron chi connectivity index (χ2n) is 5.52. The van der Waals surface area contributed by atoms with Crippen molar-refractivity contribution in [2.75, 3.05) is 13.7 Å². The van der Waals surface area contributed by atoms with Gasteiger partial charge in [0.1, 0.15) is 5.75 Å². The summed E-state index contributed by atoms with van der Waals surface area (Å²) in [5.74, 6) is -1.29. The van der Waals surface area contributed by atoms with E-state index in [1.54, 1.807) is 18.2 Å². The van der Waals surface area contributed by atoms with Crippen LogP contribution in [-0.4, -0.2) is 34.8 Å². The normalized spacial score (nSPS) is 11.4. The lowest BCUT2D eigenvalue weighted by Crippen LogP contribution is -2.15. The van der Waals surface area contributed by atoms with Crippen LogP contribution in [0.25, 0.3) is 22.2 Å². The van der Waals surface area contributed by atoms with Gasteiger partial charge in [0, 0.05) is 11.6 Å². The van der Waals surface area contributed by atoms with Crippen molar-refractivity contribution < 1.29 is 32.5 Å². The fourth-order valence-electron chi connectivity index (χ4n) is 2.34. The fraction of sp³-hybridized carbons (Fsp3) is 0.167. The molecule has 0 spiro atoms. The first-order valence-corrected chi connectivity index (χ1v) is 7.65. The maximum absolute atomic E-state index is 13.2. The van der Waals surface area contributed by atoms with E-state index in [0.717, 1.165) is 7.11 Å². The molecule has 0 saturated carbocycles. The smallest absolute Gasteiger partial charge is 0.433 e. The van der Waals surface area contributed by atoms with Gasteiger partial charge in [0.25, 0.3) is 0 Å². The quantitative estimate of drug-likeness (QED) is 0.699. The van der Waals surface area contributed by atoms with Crippen LogP contribution in [0.2, 0.25) is 0 Å². The topological polar surface area (TPSA) is 81.5 Å². The van der Waals surface area contributed by atoms with Crippen LogP contribution in [0.3, 0.4) is 0 Å². The highest BCUT2D eigenvalue weighted by atomic mass is 19.4. The zero-order valence-corrected chi connectivity index (χ0v) is 13.9. The van der Waals surface area contributed by atoms with Crippen molar-refractivity contribution in [3.63, 3.8) is 0 Å².